The van der Waals surface area contributed by atoms with Crippen LogP contribution in [0.3, 0.4) is 0 Å². The first-order chi connectivity index (χ1) is 8.63. The van der Waals surface area contributed by atoms with Gasteiger partial charge in [-0.2, -0.15) is 0 Å². The number of esters is 1. The Morgan fingerprint density at radius 1 is 1.39 bits per heavy atom. The number of hydrogen-bond donors (Lipinski definition) is 1. The summed E-state index contributed by atoms with van der Waals surface area (Å²) in [5.41, 5.74) is -0.737. The predicted octanol–water partition coefficient (Wildman–Crippen LogP) is 1.36. The van der Waals surface area contributed by atoms with Crippen molar-refractivity contribution in [3.8, 4) is 11.4 Å². The molecule has 1 aromatic carbocycles. The van der Waals surface area contributed by atoms with E-state index in [1.54, 1.807) is 6.07 Å². The van der Waals surface area contributed by atoms with Crippen LogP contribution in [0.2, 0.25) is 0 Å². The van der Waals surface area contributed by atoms with Gasteiger partial charge in [0.05, 0.1) is 12.7 Å². The highest BCUT2D eigenvalue weighted by atomic mass is 19.1. The first-order valence-electron chi connectivity index (χ1n) is 5.06. The number of halogens is 1. The number of benzene rings is 1. The largest absolute Gasteiger partial charge is 0.465 e. The highest BCUT2D eigenvalue weighted by Gasteiger charge is 2.13. The molecule has 0 spiro atoms. The van der Waals surface area contributed by atoms with Crippen molar-refractivity contribution in [2.45, 2.75) is 0 Å². The zero-order chi connectivity index (χ0) is 13.1. The fraction of sp³-hybridized carbons (Fsp3) is 0.0833. The number of carbonyl (C=O) groups is 1. The van der Waals surface area contributed by atoms with Crippen molar-refractivity contribution >= 4 is 5.97 Å². The minimum atomic E-state index is -0.788. The Bertz CT molecular complexity index is 652. The van der Waals surface area contributed by atoms with Crippen LogP contribution >= 0.6 is 0 Å². The summed E-state index contributed by atoms with van der Waals surface area (Å²) < 4.78 is 17.9. The Balaban J connectivity index is 2.51. The predicted molar refractivity (Wildman–Crippen MR) is 61.6 cm³/mol. The number of carbonyl (C=O) groups excluding carboxylic acids is 1. The van der Waals surface area contributed by atoms with E-state index in [1.165, 1.54) is 18.2 Å². The van der Waals surface area contributed by atoms with Gasteiger partial charge < -0.3 is 9.72 Å². The Hall–Kier alpha value is -2.50. The van der Waals surface area contributed by atoms with Gasteiger partial charge in [-0.3, -0.25) is 4.79 Å². The van der Waals surface area contributed by atoms with Crippen LogP contribution in [0.15, 0.2) is 35.3 Å². The van der Waals surface area contributed by atoms with Crippen molar-refractivity contribution < 1.29 is 13.9 Å². The van der Waals surface area contributed by atoms with E-state index in [1.807, 2.05) is 0 Å². The van der Waals surface area contributed by atoms with Crippen LogP contribution in [0.5, 0.6) is 0 Å². The molecule has 1 aromatic heterocycles. The number of nitrogens with zero attached hydrogens (tertiary/aromatic N) is 1. The lowest BCUT2D eigenvalue weighted by Gasteiger charge is -2.03. The van der Waals surface area contributed by atoms with Gasteiger partial charge in [0.25, 0.3) is 5.56 Å². The molecule has 0 atom stereocenters. The average molecular weight is 248 g/mol. The van der Waals surface area contributed by atoms with Crippen molar-refractivity contribution in [3.05, 3.63) is 52.2 Å². The summed E-state index contributed by atoms with van der Waals surface area (Å²) in [5, 5.41) is 0. The van der Waals surface area contributed by atoms with Crippen molar-refractivity contribution in [2.24, 2.45) is 0 Å². The summed E-state index contributed by atoms with van der Waals surface area (Å²) in [5.74, 6) is -1.24. The summed E-state index contributed by atoms with van der Waals surface area (Å²) in [4.78, 5) is 29.0. The third-order valence-corrected chi connectivity index (χ3v) is 2.33. The maximum absolute atomic E-state index is 13.5. The van der Waals surface area contributed by atoms with Crippen LogP contribution < -0.4 is 5.56 Å². The van der Waals surface area contributed by atoms with Gasteiger partial charge in [0.15, 0.2) is 0 Å². The number of hydrogen-bond acceptors (Lipinski definition) is 4. The molecule has 0 amide bonds. The smallest absolute Gasteiger partial charge is 0.345 e. The quantitative estimate of drug-likeness (QED) is 0.814. The molecule has 0 fully saturated rings. The highest BCUT2D eigenvalue weighted by Crippen LogP contribution is 2.16. The third-order valence-electron chi connectivity index (χ3n) is 2.33. The lowest BCUT2D eigenvalue weighted by atomic mass is 10.2. The SMILES string of the molecule is COC(=O)c1cnc(-c2ccccc2F)[nH]c1=O. The molecule has 0 aliphatic rings. The van der Waals surface area contributed by atoms with E-state index in [0.717, 1.165) is 13.3 Å². The molecular weight excluding hydrogens is 239 g/mol. The van der Waals surface area contributed by atoms with Crippen LogP contribution in [0, 0.1) is 5.82 Å². The van der Waals surface area contributed by atoms with E-state index in [-0.39, 0.29) is 17.0 Å². The molecule has 5 nitrogen and oxygen atoms in total. The van der Waals surface area contributed by atoms with Gasteiger partial charge in [-0.1, -0.05) is 12.1 Å². The number of nitrogens with one attached hydrogen (secondary N) is 1. The molecule has 0 saturated heterocycles. The Morgan fingerprint density at radius 3 is 2.72 bits per heavy atom. The van der Waals surface area contributed by atoms with E-state index in [9.17, 15) is 14.0 Å². The third kappa shape index (κ3) is 2.13. The number of methoxy groups -OCH3 is 1. The van der Waals surface area contributed by atoms with Gasteiger partial charge in [-0.15, -0.1) is 0 Å². The Labute approximate surface area is 101 Å². The summed E-state index contributed by atoms with van der Waals surface area (Å²) in [6, 6.07) is 5.88. The van der Waals surface area contributed by atoms with E-state index < -0.39 is 17.3 Å². The molecule has 18 heavy (non-hydrogen) atoms. The first-order valence-corrected chi connectivity index (χ1v) is 5.06. The van der Waals surface area contributed by atoms with Gasteiger partial charge in [0.2, 0.25) is 0 Å². The first kappa shape index (κ1) is 12.0. The molecule has 1 N–H and O–H groups in total. The second-order valence-electron chi connectivity index (χ2n) is 3.45. The average Bonchev–Trinajstić information content (AvgIpc) is 2.38. The second kappa shape index (κ2) is 4.79. The number of rotatable bonds is 2. The summed E-state index contributed by atoms with van der Waals surface area (Å²) in [7, 11) is 1.16. The van der Waals surface area contributed by atoms with Crippen molar-refractivity contribution in [3.63, 3.8) is 0 Å². The monoisotopic (exact) mass is 248 g/mol. The second-order valence-corrected chi connectivity index (χ2v) is 3.45. The topological polar surface area (TPSA) is 72.0 Å². The standard InChI is InChI=1S/C12H9FN2O3/c1-18-12(17)8-6-14-10(15-11(8)16)7-4-2-3-5-9(7)13/h2-6H,1H3,(H,14,15,16). The Morgan fingerprint density at radius 2 is 2.11 bits per heavy atom. The summed E-state index contributed by atoms with van der Waals surface area (Å²) in [6.45, 7) is 0. The van der Waals surface area contributed by atoms with E-state index in [0.29, 0.717) is 0 Å². The maximum Gasteiger partial charge on any atom is 0.345 e. The van der Waals surface area contributed by atoms with Gasteiger partial charge in [-0.05, 0) is 12.1 Å². The van der Waals surface area contributed by atoms with Crippen molar-refractivity contribution in [1.29, 1.82) is 0 Å². The van der Waals surface area contributed by atoms with Gasteiger partial charge in [-0.25, -0.2) is 14.2 Å². The van der Waals surface area contributed by atoms with Gasteiger partial charge in [0.1, 0.15) is 17.2 Å². The van der Waals surface area contributed by atoms with Crippen LogP contribution in [-0.2, 0) is 4.74 Å². The lowest BCUT2D eigenvalue weighted by Crippen LogP contribution is -2.20. The number of aromatic amines is 1. The molecule has 2 rings (SSSR count). The normalized spacial score (nSPS) is 10.1. The minimum absolute atomic E-state index is 0.0609. The molecule has 92 valence electrons. The molecule has 0 bridgehead atoms. The molecule has 2 aromatic rings. The van der Waals surface area contributed by atoms with Gasteiger partial charge >= 0.3 is 5.97 Å². The fourth-order valence-corrected chi connectivity index (χ4v) is 1.44. The highest BCUT2D eigenvalue weighted by molar-refractivity contribution is 5.88. The zero-order valence-electron chi connectivity index (χ0n) is 9.44. The number of aromatic nitrogens is 2. The van der Waals surface area contributed by atoms with Crippen molar-refractivity contribution in [2.75, 3.05) is 7.11 Å². The molecular formula is C12H9FN2O3. The number of H-pyrrole nitrogens is 1. The van der Waals surface area contributed by atoms with E-state index in [4.69, 9.17) is 0 Å². The van der Waals surface area contributed by atoms with Crippen LogP contribution in [0.1, 0.15) is 10.4 Å². The fourth-order valence-electron chi connectivity index (χ4n) is 1.44. The molecule has 0 saturated carbocycles. The summed E-state index contributed by atoms with van der Waals surface area (Å²) in [6.07, 6.45) is 1.06. The van der Waals surface area contributed by atoms with E-state index >= 15 is 0 Å². The minimum Gasteiger partial charge on any atom is -0.465 e. The van der Waals surface area contributed by atoms with E-state index in [2.05, 4.69) is 14.7 Å². The zero-order valence-corrected chi connectivity index (χ0v) is 9.44. The van der Waals surface area contributed by atoms with Crippen LogP contribution in [0.4, 0.5) is 4.39 Å². The Kier molecular flexibility index (Phi) is 3.18. The molecule has 0 aliphatic heterocycles. The molecule has 0 radical (unpaired) electrons. The lowest BCUT2D eigenvalue weighted by molar-refractivity contribution is 0.0598. The number of ether oxygens (including phenoxy) is 1. The maximum atomic E-state index is 13.5. The summed E-state index contributed by atoms with van der Waals surface area (Å²) >= 11 is 0. The van der Waals surface area contributed by atoms with Gasteiger partial charge in [0, 0.05) is 6.20 Å². The molecule has 6 heteroatoms. The van der Waals surface area contributed by atoms with Crippen molar-refractivity contribution in [1.82, 2.24) is 9.97 Å². The van der Waals surface area contributed by atoms with Crippen LogP contribution in [0.25, 0.3) is 11.4 Å². The molecule has 0 unspecified atom stereocenters. The molecule has 1 heterocycles. The molecule has 0 aliphatic carbocycles. The van der Waals surface area contributed by atoms with Crippen LogP contribution in [-0.4, -0.2) is 23.0 Å².